The van der Waals surface area contributed by atoms with Gasteiger partial charge in [-0.15, -0.1) is 0 Å². The first-order chi connectivity index (χ1) is 10.5. The van der Waals surface area contributed by atoms with E-state index in [1.54, 1.807) is 36.4 Å². The fourth-order valence-corrected chi connectivity index (χ4v) is 1.86. The zero-order chi connectivity index (χ0) is 16.1. The molecule has 0 bridgehead atoms. The maximum atomic E-state index is 5.83. The van der Waals surface area contributed by atoms with Gasteiger partial charge in [-0.3, -0.25) is 0 Å². The van der Waals surface area contributed by atoms with Crippen LogP contribution in [0.25, 0.3) is 0 Å². The predicted octanol–water partition coefficient (Wildman–Crippen LogP) is 2.11. The van der Waals surface area contributed by atoms with Gasteiger partial charge in [-0.05, 0) is 24.3 Å². The molecule has 118 valence electrons. The zero-order valence-corrected chi connectivity index (χ0v) is 12.6. The molecule has 2 aromatic rings. The van der Waals surface area contributed by atoms with E-state index in [9.17, 15) is 0 Å². The fourth-order valence-electron chi connectivity index (χ4n) is 1.86. The Morgan fingerprint density at radius 3 is 1.59 bits per heavy atom. The first-order valence-corrected chi connectivity index (χ1v) is 7.01. The Hall–Kier alpha value is -2.76. The molecule has 0 aliphatic rings. The van der Waals surface area contributed by atoms with E-state index in [0.29, 0.717) is 47.5 Å². The second-order valence-corrected chi connectivity index (χ2v) is 5.32. The van der Waals surface area contributed by atoms with Crippen LogP contribution >= 0.6 is 0 Å². The highest BCUT2D eigenvalue weighted by Gasteiger charge is 2.09. The molecule has 0 aliphatic heterocycles. The first-order valence-electron chi connectivity index (χ1n) is 7.01. The summed E-state index contributed by atoms with van der Waals surface area (Å²) in [5.74, 6) is 1.30. The van der Waals surface area contributed by atoms with Gasteiger partial charge in [0.05, 0.1) is 24.6 Å². The number of benzene rings is 2. The van der Waals surface area contributed by atoms with Gasteiger partial charge in [0.25, 0.3) is 0 Å². The second kappa shape index (κ2) is 6.80. The van der Waals surface area contributed by atoms with Crippen molar-refractivity contribution in [2.75, 3.05) is 36.1 Å². The normalized spacial score (nSPS) is 10.6. The molecular formula is C16H22N4O2. The van der Waals surface area contributed by atoms with Gasteiger partial charge in [-0.25, -0.2) is 0 Å². The van der Waals surface area contributed by atoms with Crippen LogP contribution in [0.15, 0.2) is 36.4 Å². The molecule has 0 saturated carbocycles. The second-order valence-electron chi connectivity index (χ2n) is 5.32. The number of nitrogens with two attached hydrogens (primary N) is 4. The molecule has 0 saturated heterocycles. The molecule has 0 heterocycles. The van der Waals surface area contributed by atoms with Crippen molar-refractivity contribution in [2.45, 2.75) is 6.92 Å². The van der Waals surface area contributed by atoms with Crippen molar-refractivity contribution >= 4 is 22.7 Å². The zero-order valence-electron chi connectivity index (χ0n) is 12.6. The van der Waals surface area contributed by atoms with Crippen LogP contribution in [0.3, 0.4) is 0 Å². The first kappa shape index (κ1) is 15.6. The molecule has 0 atom stereocenters. The topological polar surface area (TPSA) is 123 Å². The number of nitrogen functional groups attached to an aromatic ring is 4. The summed E-state index contributed by atoms with van der Waals surface area (Å²) in [6, 6.07) is 10.3. The molecule has 0 aliphatic carbocycles. The summed E-state index contributed by atoms with van der Waals surface area (Å²) in [4.78, 5) is 0. The van der Waals surface area contributed by atoms with Crippen molar-refractivity contribution in [1.82, 2.24) is 0 Å². The smallest absolute Gasteiger partial charge is 0.144 e. The van der Waals surface area contributed by atoms with Crippen LogP contribution in [0.5, 0.6) is 11.5 Å². The van der Waals surface area contributed by atoms with E-state index in [4.69, 9.17) is 32.4 Å². The fraction of sp³-hybridized carbons (Fsp3) is 0.250. The standard InChI is InChI=1S/C16H22N4O2/c1-10(8-21-15-6-11(17)2-4-13(15)19)9-22-16-7-12(18)3-5-14(16)20/h2-7,10H,8-9,17-20H2,1H3. The molecule has 8 N–H and O–H groups in total. The molecule has 2 rings (SSSR count). The maximum Gasteiger partial charge on any atom is 0.144 e. The molecule has 0 aromatic heterocycles. The summed E-state index contributed by atoms with van der Waals surface area (Å²) >= 11 is 0. The third kappa shape index (κ3) is 4.12. The molecule has 0 spiro atoms. The highest BCUT2D eigenvalue weighted by atomic mass is 16.5. The van der Waals surface area contributed by atoms with Gasteiger partial charge in [0, 0.05) is 29.4 Å². The van der Waals surface area contributed by atoms with Crippen molar-refractivity contribution in [3.63, 3.8) is 0 Å². The van der Waals surface area contributed by atoms with Gasteiger partial charge in [-0.2, -0.15) is 0 Å². The molecule has 0 fully saturated rings. The van der Waals surface area contributed by atoms with E-state index in [2.05, 4.69) is 0 Å². The Morgan fingerprint density at radius 1 is 0.773 bits per heavy atom. The van der Waals surface area contributed by atoms with Gasteiger partial charge in [-0.1, -0.05) is 6.92 Å². The van der Waals surface area contributed by atoms with Crippen LogP contribution < -0.4 is 32.4 Å². The van der Waals surface area contributed by atoms with Crippen molar-refractivity contribution in [2.24, 2.45) is 5.92 Å². The molecule has 0 unspecified atom stereocenters. The maximum absolute atomic E-state index is 5.83. The van der Waals surface area contributed by atoms with E-state index in [1.807, 2.05) is 6.92 Å². The van der Waals surface area contributed by atoms with Gasteiger partial charge in [0.2, 0.25) is 0 Å². The Kier molecular flexibility index (Phi) is 4.83. The van der Waals surface area contributed by atoms with Gasteiger partial charge in [0.1, 0.15) is 11.5 Å². The van der Waals surface area contributed by atoms with Crippen LogP contribution in [0.2, 0.25) is 0 Å². The summed E-state index contributed by atoms with van der Waals surface area (Å²) in [5.41, 5.74) is 25.4. The molecule has 6 heteroatoms. The molecule has 0 amide bonds. The van der Waals surface area contributed by atoms with Crippen LogP contribution in [-0.4, -0.2) is 13.2 Å². The average Bonchev–Trinajstić information content (AvgIpc) is 2.49. The minimum Gasteiger partial charge on any atom is -0.491 e. The number of rotatable bonds is 6. The lowest BCUT2D eigenvalue weighted by Gasteiger charge is -2.16. The van der Waals surface area contributed by atoms with Crippen LogP contribution in [-0.2, 0) is 0 Å². The number of hydrogen-bond donors (Lipinski definition) is 4. The third-order valence-corrected chi connectivity index (χ3v) is 3.12. The van der Waals surface area contributed by atoms with Crippen molar-refractivity contribution in [1.29, 1.82) is 0 Å². The molecule has 22 heavy (non-hydrogen) atoms. The van der Waals surface area contributed by atoms with E-state index >= 15 is 0 Å². The number of hydrogen-bond acceptors (Lipinski definition) is 6. The van der Waals surface area contributed by atoms with E-state index in [1.165, 1.54) is 0 Å². The SMILES string of the molecule is CC(COc1cc(N)ccc1N)COc1cc(N)ccc1N. The van der Waals surface area contributed by atoms with Crippen LogP contribution in [0, 0.1) is 5.92 Å². The van der Waals surface area contributed by atoms with Crippen LogP contribution in [0.1, 0.15) is 6.92 Å². The van der Waals surface area contributed by atoms with Crippen molar-refractivity contribution < 1.29 is 9.47 Å². The molecule has 0 radical (unpaired) electrons. The summed E-state index contributed by atoms with van der Waals surface area (Å²) in [6.07, 6.45) is 0. The number of ether oxygens (including phenoxy) is 2. The summed E-state index contributed by atoms with van der Waals surface area (Å²) < 4.78 is 11.4. The Morgan fingerprint density at radius 2 is 1.18 bits per heavy atom. The van der Waals surface area contributed by atoms with Crippen molar-refractivity contribution in [3.8, 4) is 11.5 Å². The Labute approximate surface area is 130 Å². The highest BCUT2D eigenvalue weighted by Crippen LogP contribution is 2.26. The van der Waals surface area contributed by atoms with E-state index in [-0.39, 0.29) is 5.92 Å². The summed E-state index contributed by atoms with van der Waals surface area (Å²) in [6.45, 7) is 2.91. The van der Waals surface area contributed by atoms with Crippen LogP contribution in [0.4, 0.5) is 22.7 Å². The monoisotopic (exact) mass is 302 g/mol. The predicted molar refractivity (Wildman–Crippen MR) is 90.7 cm³/mol. The summed E-state index contributed by atoms with van der Waals surface area (Å²) in [5, 5.41) is 0. The van der Waals surface area contributed by atoms with Gasteiger partial charge < -0.3 is 32.4 Å². The van der Waals surface area contributed by atoms with Gasteiger partial charge >= 0.3 is 0 Å². The van der Waals surface area contributed by atoms with E-state index in [0.717, 1.165) is 0 Å². The lowest BCUT2D eigenvalue weighted by Crippen LogP contribution is -2.17. The quantitative estimate of drug-likeness (QED) is 0.606. The lowest BCUT2D eigenvalue weighted by atomic mass is 10.2. The van der Waals surface area contributed by atoms with E-state index < -0.39 is 0 Å². The van der Waals surface area contributed by atoms with Crippen molar-refractivity contribution in [3.05, 3.63) is 36.4 Å². The molecular weight excluding hydrogens is 280 g/mol. The highest BCUT2D eigenvalue weighted by molar-refractivity contribution is 5.60. The summed E-state index contributed by atoms with van der Waals surface area (Å²) in [7, 11) is 0. The van der Waals surface area contributed by atoms with Gasteiger partial charge in [0.15, 0.2) is 0 Å². The third-order valence-electron chi connectivity index (χ3n) is 3.12. The molecule has 6 nitrogen and oxygen atoms in total. The minimum absolute atomic E-state index is 0.140. The number of anilines is 4. The Bertz CT molecular complexity index is 591. The largest absolute Gasteiger partial charge is 0.491 e. The average molecular weight is 302 g/mol. The lowest BCUT2D eigenvalue weighted by molar-refractivity contribution is 0.189. The molecule has 2 aromatic carbocycles. The minimum atomic E-state index is 0.140. The Balaban J connectivity index is 1.86.